The van der Waals surface area contributed by atoms with Crippen LogP contribution in [0.4, 0.5) is 0 Å². The third kappa shape index (κ3) is 18.2. The van der Waals surface area contributed by atoms with Crippen LogP contribution in [0.5, 0.6) is 0 Å². The average molecular weight is 373 g/mol. The molecule has 0 radical (unpaired) electrons. The third-order valence-corrected chi connectivity index (χ3v) is 4.84. The first kappa shape index (κ1) is 25.4. The molecule has 0 spiro atoms. The largest absolute Gasteiger partial charge is 0.408 e. The highest BCUT2D eigenvalue weighted by Crippen LogP contribution is 2.15. The summed E-state index contributed by atoms with van der Waals surface area (Å²) in [6, 6.07) is 0. The number of hydrogen-bond donors (Lipinski definition) is 2. The van der Waals surface area contributed by atoms with Crippen LogP contribution >= 0.6 is 0 Å². The zero-order chi connectivity index (χ0) is 19.5. The molecule has 0 saturated carbocycles. The zero-order valence-electron chi connectivity index (χ0n) is 17.4. The van der Waals surface area contributed by atoms with Crippen molar-refractivity contribution in [3.63, 3.8) is 0 Å². The first-order valence-electron chi connectivity index (χ1n) is 11.2. The molecule has 0 aliphatic heterocycles. The van der Waals surface area contributed by atoms with E-state index in [1.807, 2.05) is 6.92 Å². The van der Waals surface area contributed by atoms with Crippen LogP contribution in [0.3, 0.4) is 0 Å². The van der Waals surface area contributed by atoms with Crippen molar-refractivity contribution in [2.45, 2.75) is 135 Å². The molecule has 0 bridgehead atoms. The lowest BCUT2D eigenvalue weighted by molar-refractivity contribution is -0.322. The van der Waals surface area contributed by atoms with Crippen molar-refractivity contribution in [2.75, 3.05) is 0 Å². The molecule has 0 aromatic heterocycles. The Hall–Kier alpha value is -0.610. The fourth-order valence-corrected chi connectivity index (χ4v) is 3.25. The fraction of sp³-hybridized carbons (Fsp3) is 0.955. The van der Waals surface area contributed by atoms with Crippen molar-refractivity contribution in [3.8, 4) is 0 Å². The fourth-order valence-electron chi connectivity index (χ4n) is 3.25. The summed E-state index contributed by atoms with van der Waals surface area (Å²) in [4.78, 5) is 11.5. The lowest BCUT2D eigenvalue weighted by Crippen LogP contribution is -2.34. The molecule has 0 aliphatic carbocycles. The van der Waals surface area contributed by atoms with E-state index in [0.717, 1.165) is 19.3 Å². The summed E-state index contributed by atoms with van der Waals surface area (Å²) in [5, 5.41) is 18.8. The number of unbranched alkanes of at least 4 members (excludes halogenated alkanes) is 14. The molecule has 0 atom stereocenters. The van der Waals surface area contributed by atoms with Gasteiger partial charge in [0.15, 0.2) is 0 Å². The summed E-state index contributed by atoms with van der Waals surface area (Å²) >= 11 is 0. The van der Waals surface area contributed by atoms with Crippen LogP contribution in [0.1, 0.15) is 129 Å². The van der Waals surface area contributed by atoms with E-state index in [1.54, 1.807) is 0 Å². The quantitative estimate of drug-likeness (QED) is 0.160. The molecule has 0 fully saturated rings. The van der Waals surface area contributed by atoms with Crippen LogP contribution in [-0.4, -0.2) is 22.2 Å². The van der Waals surface area contributed by atoms with E-state index in [4.69, 9.17) is 0 Å². The van der Waals surface area contributed by atoms with E-state index in [2.05, 4.69) is 11.7 Å². The van der Waals surface area contributed by atoms with Gasteiger partial charge in [-0.3, -0.25) is 4.79 Å². The van der Waals surface area contributed by atoms with Gasteiger partial charge in [0.1, 0.15) is 0 Å². The minimum absolute atomic E-state index is 0.0532. The molecular formula is C22H44O4. The SMILES string of the molecule is CCCCCCCCCCCCCCCCCC(=O)OC(O)(O)CCC. The molecule has 4 heteroatoms. The molecule has 4 nitrogen and oxygen atoms in total. The van der Waals surface area contributed by atoms with Gasteiger partial charge in [0.05, 0.1) is 0 Å². The predicted molar refractivity (Wildman–Crippen MR) is 108 cm³/mol. The van der Waals surface area contributed by atoms with Gasteiger partial charge < -0.3 is 14.9 Å². The standard InChI is InChI=1S/C22H44O4/c1-3-5-6-7-8-9-10-11-12-13-14-15-16-17-18-19-21(23)26-22(24,25)20-4-2/h24-25H,3-20H2,1-2H3. The van der Waals surface area contributed by atoms with Gasteiger partial charge in [0, 0.05) is 12.8 Å². The molecule has 0 aromatic carbocycles. The Morgan fingerprint density at radius 3 is 1.42 bits per heavy atom. The van der Waals surface area contributed by atoms with Gasteiger partial charge in [0.2, 0.25) is 0 Å². The lowest BCUT2D eigenvalue weighted by atomic mass is 10.0. The second-order valence-corrected chi connectivity index (χ2v) is 7.67. The van der Waals surface area contributed by atoms with Crippen molar-refractivity contribution >= 4 is 5.97 Å². The van der Waals surface area contributed by atoms with Gasteiger partial charge in [0.25, 0.3) is 0 Å². The molecule has 0 amide bonds. The van der Waals surface area contributed by atoms with E-state index in [1.165, 1.54) is 77.0 Å². The van der Waals surface area contributed by atoms with Crippen molar-refractivity contribution in [1.29, 1.82) is 0 Å². The number of ether oxygens (including phenoxy) is 1. The molecular weight excluding hydrogens is 328 g/mol. The lowest BCUT2D eigenvalue weighted by Gasteiger charge is -2.20. The normalized spacial score (nSPS) is 11.7. The highest BCUT2D eigenvalue weighted by molar-refractivity contribution is 5.69. The van der Waals surface area contributed by atoms with Gasteiger partial charge in [-0.15, -0.1) is 0 Å². The van der Waals surface area contributed by atoms with E-state index in [0.29, 0.717) is 6.42 Å². The first-order chi connectivity index (χ1) is 12.5. The molecule has 26 heavy (non-hydrogen) atoms. The van der Waals surface area contributed by atoms with Gasteiger partial charge >= 0.3 is 11.9 Å². The van der Waals surface area contributed by atoms with E-state index in [-0.39, 0.29) is 12.8 Å². The second kappa shape index (κ2) is 17.8. The Kier molecular flexibility index (Phi) is 17.4. The second-order valence-electron chi connectivity index (χ2n) is 7.67. The van der Waals surface area contributed by atoms with E-state index in [9.17, 15) is 15.0 Å². The zero-order valence-corrected chi connectivity index (χ0v) is 17.4. The Morgan fingerprint density at radius 2 is 1.04 bits per heavy atom. The summed E-state index contributed by atoms with van der Waals surface area (Å²) in [6.45, 7) is 4.07. The maximum Gasteiger partial charge on any atom is 0.324 e. The summed E-state index contributed by atoms with van der Waals surface area (Å²) in [6.07, 6.45) is 20.1. The molecule has 156 valence electrons. The molecule has 2 N–H and O–H groups in total. The van der Waals surface area contributed by atoms with Gasteiger partial charge in [-0.2, -0.15) is 0 Å². The number of esters is 1. The Bertz CT molecular complexity index is 315. The summed E-state index contributed by atoms with van der Waals surface area (Å²) in [5.74, 6) is -2.81. The number of rotatable bonds is 19. The molecule has 0 saturated heterocycles. The average Bonchev–Trinajstić information content (AvgIpc) is 2.57. The van der Waals surface area contributed by atoms with Crippen molar-refractivity contribution < 1.29 is 19.7 Å². The minimum atomic E-state index is -2.29. The molecule has 0 rings (SSSR count). The Balaban J connectivity index is 3.25. The van der Waals surface area contributed by atoms with Crippen LogP contribution in [-0.2, 0) is 9.53 Å². The topological polar surface area (TPSA) is 66.8 Å². The van der Waals surface area contributed by atoms with Crippen molar-refractivity contribution in [1.82, 2.24) is 0 Å². The van der Waals surface area contributed by atoms with Gasteiger partial charge in [-0.1, -0.05) is 104 Å². The molecule has 0 unspecified atom stereocenters. The molecule has 0 aliphatic rings. The summed E-state index contributed by atoms with van der Waals surface area (Å²) < 4.78 is 4.67. The first-order valence-corrected chi connectivity index (χ1v) is 11.2. The molecule has 0 aromatic rings. The maximum atomic E-state index is 11.5. The van der Waals surface area contributed by atoms with Crippen LogP contribution in [0.15, 0.2) is 0 Å². The Labute approximate surface area is 161 Å². The van der Waals surface area contributed by atoms with Crippen molar-refractivity contribution in [2.24, 2.45) is 0 Å². The van der Waals surface area contributed by atoms with Crippen LogP contribution in [0.2, 0.25) is 0 Å². The van der Waals surface area contributed by atoms with Crippen LogP contribution < -0.4 is 0 Å². The van der Waals surface area contributed by atoms with Crippen LogP contribution in [0, 0.1) is 0 Å². The highest BCUT2D eigenvalue weighted by atomic mass is 16.8. The summed E-state index contributed by atoms with van der Waals surface area (Å²) in [5.41, 5.74) is 0. The van der Waals surface area contributed by atoms with Crippen LogP contribution in [0.25, 0.3) is 0 Å². The van der Waals surface area contributed by atoms with E-state index < -0.39 is 11.9 Å². The van der Waals surface area contributed by atoms with Gasteiger partial charge in [-0.05, 0) is 12.8 Å². The number of aliphatic hydroxyl groups is 2. The van der Waals surface area contributed by atoms with Crippen molar-refractivity contribution in [3.05, 3.63) is 0 Å². The smallest absolute Gasteiger partial charge is 0.324 e. The predicted octanol–water partition coefficient (Wildman–Crippen LogP) is 6.23. The highest BCUT2D eigenvalue weighted by Gasteiger charge is 2.26. The van der Waals surface area contributed by atoms with Gasteiger partial charge in [-0.25, -0.2) is 0 Å². The maximum absolute atomic E-state index is 11.5. The van der Waals surface area contributed by atoms with E-state index >= 15 is 0 Å². The number of hydrogen-bond acceptors (Lipinski definition) is 4. The Morgan fingerprint density at radius 1 is 0.654 bits per heavy atom. The molecule has 0 heterocycles. The summed E-state index contributed by atoms with van der Waals surface area (Å²) in [7, 11) is 0. The number of carbonyl (C=O) groups is 1. The third-order valence-electron chi connectivity index (χ3n) is 4.84. The monoisotopic (exact) mass is 372 g/mol. The number of carbonyl (C=O) groups excluding carboxylic acids is 1. The minimum Gasteiger partial charge on any atom is -0.408 e.